The molecule has 4 heteroatoms. The molecule has 0 radical (unpaired) electrons. The molecule has 0 bridgehead atoms. The van der Waals surface area contributed by atoms with E-state index < -0.39 is 0 Å². The standard InChI is InChI=1S/C12H19N3O/c1-4-13-10(3)7-12(16)15-11-6-5-9(2)8-14-11/h5-6,8,10,13H,4,7H2,1-3H3,(H,14,15,16). The monoisotopic (exact) mass is 221 g/mol. The summed E-state index contributed by atoms with van der Waals surface area (Å²) in [6.45, 7) is 6.85. The third-order valence-corrected chi connectivity index (χ3v) is 2.22. The van der Waals surface area contributed by atoms with Crippen LogP contribution in [-0.4, -0.2) is 23.5 Å². The molecule has 1 amide bonds. The van der Waals surface area contributed by atoms with Crippen molar-refractivity contribution in [2.75, 3.05) is 11.9 Å². The van der Waals surface area contributed by atoms with Gasteiger partial charge in [-0.25, -0.2) is 4.98 Å². The van der Waals surface area contributed by atoms with Crippen molar-refractivity contribution >= 4 is 11.7 Å². The molecule has 0 spiro atoms. The van der Waals surface area contributed by atoms with E-state index in [-0.39, 0.29) is 11.9 Å². The average Bonchev–Trinajstić information content (AvgIpc) is 2.21. The molecular formula is C12H19N3O. The van der Waals surface area contributed by atoms with Gasteiger partial charge in [-0.1, -0.05) is 13.0 Å². The Morgan fingerprint density at radius 2 is 2.25 bits per heavy atom. The van der Waals surface area contributed by atoms with Gasteiger partial charge in [0, 0.05) is 18.7 Å². The molecule has 0 fully saturated rings. The average molecular weight is 221 g/mol. The lowest BCUT2D eigenvalue weighted by molar-refractivity contribution is -0.116. The number of amides is 1. The molecule has 0 saturated carbocycles. The number of aromatic nitrogens is 1. The fourth-order valence-corrected chi connectivity index (χ4v) is 1.43. The molecule has 16 heavy (non-hydrogen) atoms. The van der Waals surface area contributed by atoms with E-state index in [9.17, 15) is 4.79 Å². The number of carbonyl (C=O) groups is 1. The summed E-state index contributed by atoms with van der Waals surface area (Å²) in [5, 5.41) is 5.96. The van der Waals surface area contributed by atoms with E-state index in [1.807, 2.05) is 32.9 Å². The number of hydrogen-bond acceptors (Lipinski definition) is 3. The molecule has 1 aromatic rings. The first kappa shape index (κ1) is 12.6. The van der Waals surface area contributed by atoms with Crippen molar-refractivity contribution in [2.24, 2.45) is 0 Å². The van der Waals surface area contributed by atoms with Gasteiger partial charge in [0.15, 0.2) is 0 Å². The van der Waals surface area contributed by atoms with Crippen LogP contribution in [0.2, 0.25) is 0 Å². The van der Waals surface area contributed by atoms with Crippen molar-refractivity contribution in [1.29, 1.82) is 0 Å². The quantitative estimate of drug-likeness (QED) is 0.796. The van der Waals surface area contributed by atoms with Crippen molar-refractivity contribution in [3.8, 4) is 0 Å². The molecule has 0 aliphatic carbocycles. The van der Waals surface area contributed by atoms with Gasteiger partial charge in [0.2, 0.25) is 5.91 Å². The van der Waals surface area contributed by atoms with Crippen molar-refractivity contribution in [3.05, 3.63) is 23.9 Å². The molecular weight excluding hydrogens is 202 g/mol. The molecule has 4 nitrogen and oxygen atoms in total. The molecule has 0 saturated heterocycles. The lowest BCUT2D eigenvalue weighted by Crippen LogP contribution is -2.30. The molecule has 0 aliphatic rings. The maximum Gasteiger partial charge on any atom is 0.227 e. The van der Waals surface area contributed by atoms with Crippen LogP contribution in [0.4, 0.5) is 5.82 Å². The predicted octanol–water partition coefficient (Wildman–Crippen LogP) is 1.72. The summed E-state index contributed by atoms with van der Waals surface area (Å²) in [7, 11) is 0. The number of hydrogen-bond donors (Lipinski definition) is 2. The lowest BCUT2D eigenvalue weighted by atomic mass is 10.2. The molecule has 1 heterocycles. The van der Waals surface area contributed by atoms with Crippen LogP contribution in [0, 0.1) is 6.92 Å². The molecule has 0 aromatic carbocycles. The highest BCUT2D eigenvalue weighted by atomic mass is 16.1. The number of pyridine rings is 1. The number of anilines is 1. The highest BCUT2D eigenvalue weighted by molar-refractivity contribution is 5.90. The summed E-state index contributed by atoms with van der Waals surface area (Å²) >= 11 is 0. The second-order valence-corrected chi connectivity index (χ2v) is 3.93. The molecule has 1 aromatic heterocycles. The van der Waals surface area contributed by atoms with E-state index in [2.05, 4.69) is 15.6 Å². The fraction of sp³-hybridized carbons (Fsp3) is 0.500. The van der Waals surface area contributed by atoms with E-state index in [0.717, 1.165) is 12.1 Å². The zero-order valence-corrected chi connectivity index (χ0v) is 10.1. The first-order valence-corrected chi connectivity index (χ1v) is 5.57. The van der Waals surface area contributed by atoms with Gasteiger partial charge in [0.05, 0.1) is 0 Å². The van der Waals surface area contributed by atoms with Crippen LogP contribution in [-0.2, 0) is 4.79 Å². The van der Waals surface area contributed by atoms with Crippen molar-refractivity contribution < 1.29 is 4.79 Å². The predicted molar refractivity (Wildman–Crippen MR) is 65.4 cm³/mol. The molecule has 2 N–H and O–H groups in total. The number of aryl methyl sites for hydroxylation is 1. The Labute approximate surface area is 96.5 Å². The minimum atomic E-state index is -0.00944. The van der Waals surface area contributed by atoms with Crippen LogP contribution in [0.3, 0.4) is 0 Å². The minimum Gasteiger partial charge on any atom is -0.314 e. The Balaban J connectivity index is 2.42. The number of nitrogens with zero attached hydrogens (tertiary/aromatic N) is 1. The molecule has 1 unspecified atom stereocenters. The van der Waals surface area contributed by atoms with Crippen LogP contribution in [0.25, 0.3) is 0 Å². The third kappa shape index (κ3) is 4.40. The summed E-state index contributed by atoms with van der Waals surface area (Å²) in [4.78, 5) is 15.7. The number of carbonyl (C=O) groups excluding carboxylic acids is 1. The van der Waals surface area contributed by atoms with Gasteiger partial charge in [0.1, 0.15) is 5.82 Å². The van der Waals surface area contributed by atoms with E-state index in [4.69, 9.17) is 0 Å². The molecule has 0 aliphatic heterocycles. The second kappa shape index (κ2) is 6.23. The van der Waals surface area contributed by atoms with Crippen molar-refractivity contribution in [2.45, 2.75) is 33.2 Å². The lowest BCUT2D eigenvalue weighted by Gasteiger charge is -2.11. The first-order valence-electron chi connectivity index (χ1n) is 5.57. The molecule has 1 rings (SSSR count). The summed E-state index contributed by atoms with van der Waals surface area (Å²) in [5.41, 5.74) is 1.08. The minimum absolute atomic E-state index is 0.00944. The van der Waals surface area contributed by atoms with Gasteiger partial charge in [-0.05, 0) is 32.0 Å². The Morgan fingerprint density at radius 1 is 1.50 bits per heavy atom. The highest BCUT2D eigenvalue weighted by Crippen LogP contribution is 2.04. The van der Waals surface area contributed by atoms with Gasteiger partial charge >= 0.3 is 0 Å². The van der Waals surface area contributed by atoms with E-state index in [0.29, 0.717) is 12.2 Å². The third-order valence-electron chi connectivity index (χ3n) is 2.22. The smallest absolute Gasteiger partial charge is 0.227 e. The van der Waals surface area contributed by atoms with Gasteiger partial charge < -0.3 is 10.6 Å². The van der Waals surface area contributed by atoms with Crippen LogP contribution in [0.5, 0.6) is 0 Å². The second-order valence-electron chi connectivity index (χ2n) is 3.93. The molecule has 1 atom stereocenters. The summed E-state index contributed by atoms with van der Waals surface area (Å²) in [5.74, 6) is 0.601. The van der Waals surface area contributed by atoms with Gasteiger partial charge in [0.25, 0.3) is 0 Å². The van der Waals surface area contributed by atoms with E-state index in [1.54, 1.807) is 6.20 Å². The SMILES string of the molecule is CCNC(C)CC(=O)Nc1ccc(C)cn1. The van der Waals surface area contributed by atoms with Crippen LogP contribution in [0.15, 0.2) is 18.3 Å². The van der Waals surface area contributed by atoms with E-state index in [1.165, 1.54) is 0 Å². The largest absolute Gasteiger partial charge is 0.314 e. The first-order chi connectivity index (χ1) is 7.61. The van der Waals surface area contributed by atoms with Gasteiger partial charge in [-0.2, -0.15) is 0 Å². The zero-order chi connectivity index (χ0) is 12.0. The van der Waals surface area contributed by atoms with Crippen LogP contribution < -0.4 is 10.6 Å². The fourth-order valence-electron chi connectivity index (χ4n) is 1.43. The number of nitrogens with one attached hydrogen (secondary N) is 2. The molecule has 88 valence electrons. The Kier molecular flexibility index (Phi) is 4.92. The normalized spacial score (nSPS) is 12.2. The van der Waals surface area contributed by atoms with Gasteiger partial charge in [-0.3, -0.25) is 4.79 Å². The zero-order valence-electron chi connectivity index (χ0n) is 10.1. The summed E-state index contributed by atoms with van der Waals surface area (Å²) in [6, 6.07) is 3.93. The Morgan fingerprint density at radius 3 is 2.81 bits per heavy atom. The van der Waals surface area contributed by atoms with E-state index >= 15 is 0 Å². The summed E-state index contributed by atoms with van der Waals surface area (Å²) in [6.07, 6.45) is 2.20. The summed E-state index contributed by atoms with van der Waals surface area (Å²) < 4.78 is 0. The van der Waals surface area contributed by atoms with Gasteiger partial charge in [-0.15, -0.1) is 0 Å². The number of rotatable bonds is 5. The van der Waals surface area contributed by atoms with Crippen LogP contribution in [0.1, 0.15) is 25.8 Å². The van der Waals surface area contributed by atoms with Crippen LogP contribution >= 0.6 is 0 Å². The van der Waals surface area contributed by atoms with Crippen molar-refractivity contribution in [3.63, 3.8) is 0 Å². The van der Waals surface area contributed by atoms with Crippen molar-refractivity contribution in [1.82, 2.24) is 10.3 Å². The topological polar surface area (TPSA) is 54.0 Å². The Hall–Kier alpha value is -1.42. The maximum atomic E-state index is 11.6. The maximum absolute atomic E-state index is 11.6. The highest BCUT2D eigenvalue weighted by Gasteiger charge is 2.08. The Bertz CT molecular complexity index is 335.